The zero-order chi connectivity index (χ0) is 21.0. The van der Waals surface area contributed by atoms with Gasteiger partial charge in [-0.1, -0.05) is 42.8 Å². The standard InChI is InChI=1S/C23H24ClN3O2/c1-4-19-14-21(28)27(23(25-19)17-9-7-10-18(24)13-17)15-22(29)26(5-2)20-11-6-8-16(3)12-20/h6-14H,4-5,15H2,1-3H3. The maximum absolute atomic E-state index is 13.1. The van der Waals surface area contributed by atoms with Crippen LogP contribution in [-0.4, -0.2) is 22.0 Å². The molecule has 5 nitrogen and oxygen atoms in total. The number of carbonyl (C=O) groups excluding carboxylic acids is 1. The molecule has 0 aliphatic rings. The second kappa shape index (κ2) is 9.05. The number of likely N-dealkylation sites (N-methyl/N-ethyl adjacent to an activating group) is 1. The average Bonchev–Trinajstić information content (AvgIpc) is 2.70. The number of benzene rings is 2. The van der Waals surface area contributed by atoms with Crippen molar-refractivity contribution in [1.82, 2.24) is 9.55 Å². The van der Waals surface area contributed by atoms with Crippen LogP contribution in [0.25, 0.3) is 11.4 Å². The number of anilines is 1. The summed E-state index contributed by atoms with van der Waals surface area (Å²) in [5.41, 5.74) is 3.02. The Morgan fingerprint density at radius 1 is 1.10 bits per heavy atom. The number of aromatic nitrogens is 2. The van der Waals surface area contributed by atoms with E-state index in [2.05, 4.69) is 4.98 Å². The van der Waals surface area contributed by atoms with Crippen molar-refractivity contribution in [2.24, 2.45) is 0 Å². The second-order valence-corrected chi connectivity index (χ2v) is 7.27. The first kappa shape index (κ1) is 20.8. The average molecular weight is 410 g/mol. The van der Waals surface area contributed by atoms with Gasteiger partial charge < -0.3 is 4.90 Å². The van der Waals surface area contributed by atoms with Crippen LogP contribution in [0.15, 0.2) is 59.4 Å². The molecule has 0 spiro atoms. The number of hydrogen-bond acceptors (Lipinski definition) is 3. The first-order valence-corrected chi connectivity index (χ1v) is 10.0. The van der Waals surface area contributed by atoms with Gasteiger partial charge in [-0.3, -0.25) is 14.2 Å². The fourth-order valence-electron chi connectivity index (χ4n) is 3.25. The minimum absolute atomic E-state index is 0.0978. The van der Waals surface area contributed by atoms with Crippen molar-refractivity contribution < 1.29 is 4.79 Å². The van der Waals surface area contributed by atoms with Crippen LogP contribution in [0, 0.1) is 6.92 Å². The van der Waals surface area contributed by atoms with Crippen molar-refractivity contribution in [2.75, 3.05) is 11.4 Å². The Labute approximate surface area is 175 Å². The highest BCUT2D eigenvalue weighted by molar-refractivity contribution is 6.30. The number of amides is 1. The molecule has 0 unspecified atom stereocenters. The Kier molecular flexibility index (Phi) is 6.49. The number of nitrogens with zero attached hydrogens (tertiary/aromatic N) is 3. The number of aryl methyl sites for hydroxylation is 2. The molecule has 0 fully saturated rings. The van der Waals surface area contributed by atoms with Crippen molar-refractivity contribution >= 4 is 23.2 Å². The maximum atomic E-state index is 13.1. The molecule has 1 aromatic heterocycles. The molecule has 150 valence electrons. The van der Waals surface area contributed by atoms with Gasteiger partial charge in [0.25, 0.3) is 5.56 Å². The molecule has 0 aliphatic heterocycles. The van der Waals surface area contributed by atoms with Gasteiger partial charge in [0, 0.05) is 34.6 Å². The first-order valence-electron chi connectivity index (χ1n) is 9.66. The predicted molar refractivity (Wildman–Crippen MR) is 118 cm³/mol. The Balaban J connectivity index is 2.04. The quantitative estimate of drug-likeness (QED) is 0.602. The van der Waals surface area contributed by atoms with Gasteiger partial charge in [0.15, 0.2) is 0 Å². The lowest BCUT2D eigenvalue weighted by Crippen LogP contribution is -2.37. The molecule has 3 aromatic rings. The van der Waals surface area contributed by atoms with E-state index in [0.717, 1.165) is 11.3 Å². The van der Waals surface area contributed by atoms with Crippen molar-refractivity contribution in [2.45, 2.75) is 33.7 Å². The highest BCUT2D eigenvalue weighted by atomic mass is 35.5. The molecule has 1 heterocycles. The summed E-state index contributed by atoms with van der Waals surface area (Å²) in [6, 6.07) is 16.4. The molecule has 0 atom stereocenters. The van der Waals surface area contributed by atoms with Crippen LogP contribution in [0.1, 0.15) is 25.1 Å². The minimum atomic E-state index is -0.250. The van der Waals surface area contributed by atoms with E-state index >= 15 is 0 Å². The van der Waals surface area contributed by atoms with E-state index in [4.69, 9.17) is 11.6 Å². The van der Waals surface area contributed by atoms with Gasteiger partial charge in [0.1, 0.15) is 12.4 Å². The first-order chi connectivity index (χ1) is 13.9. The van der Waals surface area contributed by atoms with Gasteiger partial charge in [-0.15, -0.1) is 0 Å². The molecule has 0 saturated carbocycles. The molecule has 0 N–H and O–H groups in total. The van der Waals surface area contributed by atoms with Crippen molar-refractivity contribution in [3.8, 4) is 11.4 Å². The smallest absolute Gasteiger partial charge is 0.254 e. The van der Waals surface area contributed by atoms with Crippen molar-refractivity contribution in [3.05, 3.63) is 81.2 Å². The molecular formula is C23H24ClN3O2. The summed E-state index contributed by atoms with van der Waals surface area (Å²) in [6.07, 6.45) is 0.627. The predicted octanol–water partition coefficient (Wildman–Crippen LogP) is 4.49. The molecule has 0 bridgehead atoms. The topological polar surface area (TPSA) is 55.2 Å². The molecule has 0 aliphatic carbocycles. The van der Waals surface area contributed by atoms with E-state index < -0.39 is 0 Å². The summed E-state index contributed by atoms with van der Waals surface area (Å²) in [6.45, 7) is 6.25. The molecule has 0 radical (unpaired) electrons. The minimum Gasteiger partial charge on any atom is -0.311 e. The van der Waals surface area contributed by atoms with Crippen LogP contribution < -0.4 is 10.5 Å². The third-order valence-electron chi connectivity index (χ3n) is 4.73. The second-order valence-electron chi connectivity index (χ2n) is 6.84. The Bertz CT molecular complexity index is 1090. The number of rotatable bonds is 6. The summed E-state index contributed by atoms with van der Waals surface area (Å²) in [5.74, 6) is 0.278. The molecule has 2 aromatic carbocycles. The summed E-state index contributed by atoms with van der Waals surface area (Å²) in [4.78, 5) is 32.3. The van der Waals surface area contributed by atoms with Gasteiger partial charge in [-0.05, 0) is 50.1 Å². The lowest BCUT2D eigenvalue weighted by atomic mass is 10.2. The lowest BCUT2D eigenvalue weighted by Gasteiger charge is -2.23. The van der Waals surface area contributed by atoms with Gasteiger partial charge in [-0.2, -0.15) is 0 Å². The monoisotopic (exact) mass is 409 g/mol. The third-order valence-corrected chi connectivity index (χ3v) is 4.97. The highest BCUT2D eigenvalue weighted by Crippen LogP contribution is 2.22. The van der Waals surface area contributed by atoms with Gasteiger partial charge in [0.2, 0.25) is 5.91 Å². The van der Waals surface area contributed by atoms with Crippen molar-refractivity contribution in [1.29, 1.82) is 0 Å². The number of hydrogen-bond donors (Lipinski definition) is 0. The van der Waals surface area contributed by atoms with E-state index in [1.807, 2.05) is 51.1 Å². The van der Waals surface area contributed by atoms with Gasteiger partial charge in [-0.25, -0.2) is 4.98 Å². The fraction of sp³-hybridized carbons (Fsp3) is 0.261. The maximum Gasteiger partial charge on any atom is 0.254 e. The molecule has 3 rings (SSSR count). The normalized spacial score (nSPS) is 10.8. The van der Waals surface area contributed by atoms with Crippen LogP contribution in [0.4, 0.5) is 5.69 Å². The largest absolute Gasteiger partial charge is 0.311 e. The third kappa shape index (κ3) is 4.74. The van der Waals surface area contributed by atoms with E-state index in [-0.39, 0.29) is 18.0 Å². The van der Waals surface area contributed by atoms with E-state index in [1.54, 1.807) is 23.1 Å². The fourth-order valence-corrected chi connectivity index (χ4v) is 3.45. The van der Waals surface area contributed by atoms with E-state index in [9.17, 15) is 9.59 Å². The highest BCUT2D eigenvalue weighted by Gasteiger charge is 2.19. The van der Waals surface area contributed by atoms with Gasteiger partial charge in [0.05, 0.1) is 0 Å². The molecule has 1 amide bonds. The Morgan fingerprint density at radius 3 is 2.52 bits per heavy atom. The van der Waals surface area contributed by atoms with Crippen LogP contribution in [0.2, 0.25) is 5.02 Å². The van der Waals surface area contributed by atoms with Crippen LogP contribution in [0.3, 0.4) is 0 Å². The van der Waals surface area contributed by atoms with Crippen LogP contribution in [0.5, 0.6) is 0 Å². The van der Waals surface area contributed by atoms with Crippen LogP contribution >= 0.6 is 11.6 Å². The SMILES string of the molecule is CCc1cc(=O)n(CC(=O)N(CC)c2cccc(C)c2)c(-c2cccc(Cl)c2)n1. The zero-order valence-corrected chi connectivity index (χ0v) is 17.6. The van der Waals surface area contributed by atoms with E-state index in [0.29, 0.717) is 35.1 Å². The van der Waals surface area contributed by atoms with Gasteiger partial charge >= 0.3 is 0 Å². The van der Waals surface area contributed by atoms with E-state index in [1.165, 1.54) is 10.6 Å². The van der Waals surface area contributed by atoms with Crippen molar-refractivity contribution in [3.63, 3.8) is 0 Å². The summed E-state index contributed by atoms with van der Waals surface area (Å²) in [5, 5.41) is 0.548. The molecule has 29 heavy (non-hydrogen) atoms. The molecule has 6 heteroatoms. The molecular weight excluding hydrogens is 386 g/mol. The number of halogens is 1. The Hall–Kier alpha value is -2.92. The summed E-state index contributed by atoms with van der Waals surface area (Å²) < 4.78 is 1.42. The zero-order valence-electron chi connectivity index (χ0n) is 16.9. The van der Waals surface area contributed by atoms with Crippen LogP contribution in [-0.2, 0) is 17.8 Å². The Morgan fingerprint density at radius 2 is 1.86 bits per heavy atom. The number of carbonyl (C=O) groups is 1. The summed E-state index contributed by atoms with van der Waals surface area (Å²) >= 11 is 6.14. The lowest BCUT2D eigenvalue weighted by molar-refractivity contribution is -0.119. The molecule has 0 saturated heterocycles. The summed E-state index contributed by atoms with van der Waals surface area (Å²) in [7, 11) is 0.